The molecular weight excluding hydrogens is 347 g/mol. The maximum atomic E-state index is 12.6. The maximum absolute atomic E-state index is 12.6. The molecule has 0 unspecified atom stereocenters. The van der Waals surface area contributed by atoms with Gasteiger partial charge < -0.3 is 5.32 Å². The summed E-state index contributed by atoms with van der Waals surface area (Å²) in [5.74, 6) is -0.447. The highest BCUT2D eigenvalue weighted by molar-refractivity contribution is 6.35. The van der Waals surface area contributed by atoms with Crippen molar-refractivity contribution in [3.8, 4) is 0 Å². The fourth-order valence-corrected chi connectivity index (χ4v) is 3.13. The van der Waals surface area contributed by atoms with Gasteiger partial charge in [0, 0.05) is 16.6 Å². The van der Waals surface area contributed by atoms with Crippen molar-refractivity contribution >= 4 is 40.7 Å². The Morgan fingerprint density at radius 1 is 1.12 bits per heavy atom. The molecule has 24 heavy (non-hydrogen) atoms. The highest BCUT2D eigenvalue weighted by atomic mass is 35.5. The zero-order valence-corrected chi connectivity index (χ0v) is 14.6. The number of anilines is 1. The van der Waals surface area contributed by atoms with Crippen molar-refractivity contribution in [2.45, 2.75) is 25.9 Å². The number of benzene rings is 2. The number of amides is 2. The predicted octanol–water partition coefficient (Wildman–Crippen LogP) is 3.72. The minimum atomic E-state index is -0.550. The molecule has 1 saturated heterocycles. The lowest BCUT2D eigenvalue weighted by Crippen LogP contribution is -2.38. The summed E-state index contributed by atoms with van der Waals surface area (Å²) in [5.41, 5.74) is 2.50. The molecule has 1 fully saturated rings. The van der Waals surface area contributed by atoms with Crippen LogP contribution in [0.2, 0.25) is 10.0 Å². The topological polar surface area (TPSA) is 49.4 Å². The van der Waals surface area contributed by atoms with E-state index in [9.17, 15) is 9.59 Å². The summed E-state index contributed by atoms with van der Waals surface area (Å²) >= 11 is 12.0. The zero-order chi connectivity index (χ0) is 17.3. The van der Waals surface area contributed by atoms with Crippen LogP contribution in [-0.2, 0) is 16.1 Å². The van der Waals surface area contributed by atoms with Crippen LogP contribution in [0.3, 0.4) is 0 Å². The summed E-state index contributed by atoms with van der Waals surface area (Å²) < 4.78 is 0. The first kappa shape index (κ1) is 17.0. The van der Waals surface area contributed by atoms with Crippen LogP contribution in [-0.4, -0.2) is 17.9 Å². The Kier molecular flexibility index (Phi) is 4.90. The van der Waals surface area contributed by atoms with Gasteiger partial charge >= 0.3 is 0 Å². The highest BCUT2D eigenvalue weighted by Crippen LogP contribution is 2.25. The third-order valence-corrected chi connectivity index (χ3v) is 4.58. The van der Waals surface area contributed by atoms with E-state index in [1.807, 2.05) is 19.1 Å². The van der Waals surface area contributed by atoms with Crippen molar-refractivity contribution in [2.24, 2.45) is 0 Å². The molecule has 2 aromatic carbocycles. The Morgan fingerprint density at radius 3 is 2.50 bits per heavy atom. The SMILES string of the molecule is Cc1ccc(N2C(=O)C[C@H](NCc3ccc(Cl)cc3Cl)C2=O)cc1. The highest BCUT2D eigenvalue weighted by Gasteiger charge is 2.39. The van der Waals surface area contributed by atoms with Crippen molar-refractivity contribution in [1.29, 1.82) is 0 Å². The predicted molar refractivity (Wildman–Crippen MR) is 95.4 cm³/mol. The van der Waals surface area contributed by atoms with E-state index in [-0.39, 0.29) is 18.2 Å². The Bertz CT molecular complexity index is 790. The van der Waals surface area contributed by atoms with Gasteiger partial charge in [-0.25, -0.2) is 4.90 Å². The third kappa shape index (κ3) is 3.46. The molecule has 0 bridgehead atoms. The molecule has 1 atom stereocenters. The molecule has 2 amide bonds. The molecule has 1 heterocycles. The van der Waals surface area contributed by atoms with E-state index in [2.05, 4.69) is 5.32 Å². The molecule has 2 aromatic rings. The van der Waals surface area contributed by atoms with Gasteiger partial charge in [0.2, 0.25) is 5.91 Å². The second-order valence-electron chi connectivity index (χ2n) is 5.78. The maximum Gasteiger partial charge on any atom is 0.251 e. The van der Waals surface area contributed by atoms with Crippen LogP contribution < -0.4 is 10.2 Å². The molecule has 0 spiro atoms. The number of nitrogens with zero attached hydrogens (tertiary/aromatic N) is 1. The molecule has 4 nitrogen and oxygen atoms in total. The molecule has 1 aliphatic heterocycles. The Morgan fingerprint density at radius 2 is 1.83 bits per heavy atom. The van der Waals surface area contributed by atoms with E-state index in [4.69, 9.17) is 23.2 Å². The Balaban J connectivity index is 1.71. The largest absolute Gasteiger partial charge is 0.301 e. The number of hydrogen-bond donors (Lipinski definition) is 1. The number of aryl methyl sites for hydroxylation is 1. The van der Waals surface area contributed by atoms with Crippen molar-refractivity contribution in [3.63, 3.8) is 0 Å². The van der Waals surface area contributed by atoms with E-state index in [1.165, 1.54) is 4.90 Å². The van der Waals surface area contributed by atoms with Crippen LogP contribution >= 0.6 is 23.2 Å². The van der Waals surface area contributed by atoms with Crippen LogP contribution in [0.15, 0.2) is 42.5 Å². The van der Waals surface area contributed by atoms with E-state index < -0.39 is 6.04 Å². The molecule has 3 rings (SSSR count). The molecule has 0 saturated carbocycles. The Hall–Kier alpha value is -1.88. The number of nitrogens with one attached hydrogen (secondary N) is 1. The fraction of sp³-hybridized carbons (Fsp3) is 0.222. The second-order valence-corrected chi connectivity index (χ2v) is 6.62. The first-order valence-electron chi connectivity index (χ1n) is 7.56. The minimum Gasteiger partial charge on any atom is -0.301 e. The number of imide groups is 1. The summed E-state index contributed by atoms with van der Waals surface area (Å²) in [7, 11) is 0. The van der Waals surface area contributed by atoms with Gasteiger partial charge in [0.15, 0.2) is 0 Å². The standard InChI is InChI=1S/C18H16Cl2N2O2/c1-11-2-6-14(7-3-11)22-17(23)9-16(18(22)24)21-10-12-4-5-13(19)8-15(12)20/h2-8,16,21H,9-10H2,1H3/t16-/m0/s1. The average Bonchev–Trinajstić information content (AvgIpc) is 2.82. The van der Waals surface area contributed by atoms with Gasteiger partial charge in [0.25, 0.3) is 5.91 Å². The molecular formula is C18H16Cl2N2O2. The smallest absolute Gasteiger partial charge is 0.251 e. The third-order valence-electron chi connectivity index (χ3n) is 3.99. The van der Waals surface area contributed by atoms with Crippen molar-refractivity contribution in [3.05, 3.63) is 63.6 Å². The first-order valence-corrected chi connectivity index (χ1v) is 8.32. The van der Waals surface area contributed by atoms with Gasteiger partial charge in [-0.15, -0.1) is 0 Å². The van der Waals surface area contributed by atoms with Gasteiger partial charge in [-0.2, -0.15) is 0 Å². The molecule has 1 N–H and O–H groups in total. The summed E-state index contributed by atoms with van der Waals surface area (Å²) in [4.78, 5) is 26.0. The fourth-order valence-electron chi connectivity index (χ4n) is 2.65. The zero-order valence-electron chi connectivity index (χ0n) is 13.1. The minimum absolute atomic E-state index is 0.137. The van der Waals surface area contributed by atoms with Crippen LogP contribution in [0.5, 0.6) is 0 Å². The van der Waals surface area contributed by atoms with E-state index >= 15 is 0 Å². The molecule has 0 aromatic heterocycles. The second kappa shape index (κ2) is 6.93. The lowest BCUT2D eigenvalue weighted by atomic mass is 10.2. The molecule has 0 radical (unpaired) electrons. The quantitative estimate of drug-likeness (QED) is 0.843. The number of halogens is 2. The first-order chi connectivity index (χ1) is 11.5. The number of hydrogen-bond acceptors (Lipinski definition) is 3. The summed E-state index contributed by atoms with van der Waals surface area (Å²) in [6.07, 6.45) is 0.137. The lowest BCUT2D eigenvalue weighted by molar-refractivity contribution is -0.121. The number of carbonyl (C=O) groups is 2. The van der Waals surface area contributed by atoms with Gasteiger partial charge in [0.1, 0.15) is 0 Å². The van der Waals surface area contributed by atoms with Crippen LogP contribution in [0.1, 0.15) is 17.5 Å². The molecule has 6 heteroatoms. The molecule has 1 aliphatic rings. The van der Waals surface area contributed by atoms with Gasteiger partial charge in [-0.3, -0.25) is 9.59 Å². The normalized spacial score (nSPS) is 17.6. The van der Waals surface area contributed by atoms with Crippen molar-refractivity contribution in [2.75, 3.05) is 4.90 Å². The number of rotatable bonds is 4. The van der Waals surface area contributed by atoms with Crippen LogP contribution in [0, 0.1) is 6.92 Å². The van der Waals surface area contributed by atoms with E-state index in [0.29, 0.717) is 22.3 Å². The summed E-state index contributed by atoms with van der Waals surface area (Å²) in [6, 6.07) is 12.0. The monoisotopic (exact) mass is 362 g/mol. The van der Waals surface area contributed by atoms with Gasteiger partial charge in [0.05, 0.1) is 18.2 Å². The van der Waals surface area contributed by atoms with Gasteiger partial charge in [-0.1, -0.05) is 47.0 Å². The van der Waals surface area contributed by atoms with E-state index in [0.717, 1.165) is 11.1 Å². The van der Waals surface area contributed by atoms with Crippen molar-refractivity contribution < 1.29 is 9.59 Å². The van der Waals surface area contributed by atoms with Crippen LogP contribution in [0.25, 0.3) is 0 Å². The Labute approximate surface area is 150 Å². The van der Waals surface area contributed by atoms with Crippen molar-refractivity contribution in [1.82, 2.24) is 5.32 Å². The van der Waals surface area contributed by atoms with E-state index in [1.54, 1.807) is 30.3 Å². The molecule has 0 aliphatic carbocycles. The summed E-state index contributed by atoms with van der Waals surface area (Å²) in [5, 5.41) is 4.20. The molecule has 124 valence electrons. The number of carbonyl (C=O) groups excluding carboxylic acids is 2. The average molecular weight is 363 g/mol. The summed E-state index contributed by atoms with van der Waals surface area (Å²) in [6.45, 7) is 2.35. The van der Waals surface area contributed by atoms with Crippen LogP contribution in [0.4, 0.5) is 5.69 Å². The lowest BCUT2D eigenvalue weighted by Gasteiger charge is -2.16. The van der Waals surface area contributed by atoms with Gasteiger partial charge in [-0.05, 0) is 36.8 Å².